The zero-order valence-corrected chi connectivity index (χ0v) is 18.6. The van der Waals surface area contributed by atoms with Gasteiger partial charge in [-0.1, -0.05) is 37.8 Å². The van der Waals surface area contributed by atoms with E-state index in [1.165, 1.54) is 5.56 Å². The van der Waals surface area contributed by atoms with Gasteiger partial charge in [-0.15, -0.1) is 11.6 Å². The third-order valence-electron chi connectivity index (χ3n) is 5.80. The number of hydrogen-bond acceptors (Lipinski definition) is 4. The molecule has 0 saturated heterocycles. The molecule has 1 aromatic rings. The molecule has 168 valence electrons. The van der Waals surface area contributed by atoms with E-state index >= 15 is 0 Å². The fourth-order valence-electron chi connectivity index (χ4n) is 3.95. The highest BCUT2D eigenvalue weighted by Crippen LogP contribution is 2.36. The number of carbonyl (C=O) groups excluding carboxylic acids is 1. The molecule has 1 saturated carbocycles. The molecule has 30 heavy (non-hydrogen) atoms. The van der Waals surface area contributed by atoms with E-state index < -0.39 is 5.97 Å². The van der Waals surface area contributed by atoms with Crippen LogP contribution in [0, 0.1) is 5.92 Å². The number of unbranched alkanes of at least 4 members (excludes halogenated alkanes) is 5. The molecule has 0 unspecified atom stereocenters. The van der Waals surface area contributed by atoms with Crippen LogP contribution >= 0.6 is 11.6 Å². The number of carboxylic acid groups (broad SMARTS) is 1. The molecule has 0 atom stereocenters. The second kappa shape index (κ2) is 14.3. The van der Waals surface area contributed by atoms with Crippen molar-refractivity contribution in [2.24, 2.45) is 5.92 Å². The zero-order valence-electron chi connectivity index (χ0n) is 17.8. The molecule has 1 fully saturated rings. The van der Waals surface area contributed by atoms with Gasteiger partial charge >= 0.3 is 11.9 Å². The first kappa shape index (κ1) is 24.5. The van der Waals surface area contributed by atoms with E-state index in [2.05, 4.69) is 12.1 Å². The molecular formula is C24H35ClO5. The largest absolute Gasteiger partial charge is 0.494 e. The van der Waals surface area contributed by atoms with E-state index in [1.54, 1.807) is 0 Å². The van der Waals surface area contributed by atoms with Crippen LogP contribution < -0.4 is 4.74 Å². The fraction of sp³-hybridized carbons (Fsp3) is 0.667. The lowest BCUT2D eigenvalue weighted by Crippen LogP contribution is -2.20. The maximum atomic E-state index is 11.2. The van der Waals surface area contributed by atoms with Gasteiger partial charge in [-0.05, 0) is 62.1 Å². The molecule has 1 aliphatic carbocycles. The summed E-state index contributed by atoms with van der Waals surface area (Å²) in [5, 5.41) is 9.11. The molecule has 0 bridgehead atoms. The highest BCUT2D eigenvalue weighted by molar-refractivity contribution is 6.18. The Kier molecular flexibility index (Phi) is 11.7. The summed E-state index contributed by atoms with van der Waals surface area (Å²) < 4.78 is 10.9. The Morgan fingerprint density at radius 3 is 2.10 bits per heavy atom. The van der Waals surface area contributed by atoms with Crippen molar-refractivity contribution in [3.8, 4) is 5.75 Å². The van der Waals surface area contributed by atoms with Gasteiger partial charge in [-0.3, -0.25) is 9.59 Å². The summed E-state index contributed by atoms with van der Waals surface area (Å²) in [6.07, 6.45) is 10.2. The van der Waals surface area contributed by atoms with Crippen molar-refractivity contribution in [1.82, 2.24) is 0 Å². The summed E-state index contributed by atoms with van der Waals surface area (Å²) in [5.74, 6) is 0.667. The van der Waals surface area contributed by atoms with Crippen molar-refractivity contribution in [3.05, 3.63) is 29.8 Å². The number of alkyl halides is 1. The molecule has 0 spiro atoms. The second-order valence-corrected chi connectivity index (χ2v) is 8.46. The summed E-state index contributed by atoms with van der Waals surface area (Å²) in [6.45, 7) is 1.22. The standard InChI is InChI=1S/C24H35ClO5/c25-16-15-23(26)30-18-6-4-2-1-3-5-17-29-22-13-11-20(12-14-22)19-7-9-21(10-8-19)24(27)28/h11-14,19,21H,1-10,15-18H2,(H,27,28)/t19-,21-. The van der Waals surface area contributed by atoms with Crippen molar-refractivity contribution in [3.63, 3.8) is 0 Å². The summed E-state index contributed by atoms with van der Waals surface area (Å²) in [5.41, 5.74) is 1.29. The molecule has 0 aromatic heterocycles. The lowest BCUT2D eigenvalue weighted by atomic mass is 9.79. The van der Waals surface area contributed by atoms with Crippen molar-refractivity contribution in [1.29, 1.82) is 0 Å². The highest BCUT2D eigenvalue weighted by Gasteiger charge is 2.26. The van der Waals surface area contributed by atoms with Crippen LogP contribution in [0.3, 0.4) is 0 Å². The number of rotatable bonds is 14. The van der Waals surface area contributed by atoms with Crippen LogP contribution in [0.5, 0.6) is 5.75 Å². The minimum atomic E-state index is -0.652. The monoisotopic (exact) mass is 438 g/mol. The van der Waals surface area contributed by atoms with E-state index in [4.69, 9.17) is 26.2 Å². The van der Waals surface area contributed by atoms with Gasteiger partial charge in [-0.2, -0.15) is 0 Å². The van der Waals surface area contributed by atoms with Crippen LogP contribution in [-0.4, -0.2) is 36.1 Å². The lowest BCUT2D eigenvalue weighted by Gasteiger charge is -2.26. The summed E-state index contributed by atoms with van der Waals surface area (Å²) in [4.78, 5) is 22.2. The van der Waals surface area contributed by atoms with Crippen LogP contribution in [0.4, 0.5) is 0 Å². The number of esters is 1. The van der Waals surface area contributed by atoms with Gasteiger partial charge in [0.05, 0.1) is 25.6 Å². The van der Waals surface area contributed by atoms with Gasteiger partial charge in [0.25, 0.3) is 0 Å². The molecule has 1 N–H and O–H groups in total. The molecule has 0 amide bonds. The van der Waals surface area contributed by atoms with Gasteiger partial charge in [0.1, 0.15) is 5.75 Å². The molecule has 1 aliphatic rings. The Bertz CT molecular complexity index is 623. The third-order valence-corrected chi connectivity index (χ3v) is 5.99. The number of halogens is 1. The van der Waals surface area contributed by atoms with E-state index in [0.717, 1.165) is 76.6 Å². The molecule has 6 heteroatoms. The average molecular weight is 439 g/mol. The first-order chi connectivity index (χ1) is 14.6. The minimum absolute atomic E-state index is 0.164. The second-order valence-electron chi connectivity index (χ2n) is 8.09. The minimum Gasteiger partial charge on any atom is -0.494 e. The number of aliphatic carboxylic acids is 1. The summed E-state index contributed by atoms with van der Waals surface area (Å²) in [6, 6.07) is 8.32. The summed E-state index contributed by atoms with van der Waals surface area (Å²) >= 11 is 5.48. The van der Waals surface area contributed by atoms with Crippen molar-refractivity contribution in [2.45, 2.75) is 76.5 Å². The Balaban J connectivity index is 1.49. The van der Waals surface area contributed by atoms with E-state index in [0.29, 0.717) is 18.4 Å². The van der Waals surface area contributed by atoms with Crippen LogP contribution in [0.1, 0.15) is 82.1 Å². The van der Waals surface area contributed by atoms with Crippen molar-refractivity contribution >= 4 is 23.5 Å². The number of hydrogen-bond donors (Lipinski definition) is 1. The number of benzene rings is 1. The molecule has 1 aromatic carbocycles. The number of carbonyl (C=O) groups is 2. The molecule has 2 rings (SSSR count). The van der Waals surface area contributed by atoms with E-state index in [-0.39, 0.29) is 18.3 Å². The normalized spacial score (nSPS) is 18.7. The van der Waals surface area contributed by atoms with E-state index in [1.807, 2.05) is 12.1 Å². The maximum Gasteiger partial charge on any atom is 0.306 e. The predicted octanol–water partition coefficient (Wildman–Crippen LogP) is 5.94. The molecule has 0 radical (unpaired) electrons. The molecule has 0 aliphatic heterocycles. The average Bonchev–Trinajstić information content (AvgIpc) is 2.76. The first-order valence-electron chi connectivity index (χ1n) is 11.3. The van der Waals surface area contributed by atoms with E-state index in [9.17, 15) is 9.59 Å². The van der Waals surface area contributed by atoms with Crippen molar-refractivity contribution < 1.29 is 24.2 Å². The maximum absolute atomic E-state index is 11.2. The molecule has 5 nitrogen and oxygen atoms in total. The van der Waals surface area contributed by atoms with Gasteiger partial charge < -0.3 is 14.6 Å². The predicted molar refractivity (Wildman–Crippen MR) is 118 cm³/mol. The van der Waals surface area contributed by atoms with Gasteiger partial charge in [0, 0.05) is 5.88 Å². The molecular weight excluding hydrogens is 404 g/mol. The van der Waals surface area contributed by atoms with Crippen LogP contribution in [0.25, 0.3) is 0 Å². The number of ether oxygens (including phenoxy) is 2. The fourth-order valence-corrected chi connectivity index (χ4v) is 4.10. The topological polar surface area (TPSA) is 72.8 Å². The quantitative estimate of drug-likeness (QED) is 0.221. The third kappa shape index (κ3) is 9.38. The Labute approximate surface area is 185 Å². The first-order valence-corrected chi connectivity index (χ1v) is 11.8. The Hall–Kier alpha value is -1.75. The SMILES string of the molecule is O=C(CCCl)OCCCCCCCCOc1ccc([C@H]2CC[C@H](C(=O)O)CC2)cc1. The van der Waals surface area contributed by atoms with Crippen LogP contribution in [0.2, 0.25) is 0 Å². The van der Waals surface area contributed by atoms with Crippen LogP contribution in [0.15, 0.2) is 24.3 Å². The zero-order chi connectivity index (χ0) is 21.6. The highest BCUT2D eigenvalue weighted by atomic mass is 35.5. The smallest absolute Gasteiger partial charge is 0.306 e. The van der Waals surface area contributed by atoms with Crippen LogP contribution in [-0.2, 0) is 14.3 Å². The Morgan fingerprint density at radius 2 is 1.50 bits per heavy atom. The van der Waals surface area contributed by atoms with Gasteiger partial charge in [0.2, 0.25) is 0 Å². The van der Waals surface area contributed by atoms with Crippen molar-refractivity contribution in [2.75, 3.05) is 19.1 Å². The lowest BCUT2D eigenvalue weighted by molar-refractivity contribution is -0.144. The van der Waals surface area contributed by atoms with Gasteiger partial charge in [-0.25, -0.2) is 0 Å². The number of carboxylic acids is 1. The molecule has 0 heterocycles. The van der Waals surface area contributed by atoms with Gasteiger partial charge in [0.15, 0.2) is 0 Å². The summed E-state index contributed by atoms with van der Waals surface area (Å²) in [7, 11) is 0. The Morgan fingerprint density at radius 1 is 0.900 bits per heavy atom.